The standard InChI is InChI=1S/C62H40N2/c1-3-18-40(19-4-1)44-26-15-27-46(38-44)57-49-30-11-12-31-50(49)58-59(61(57)63-54-34-16-24-42-22-7-9-28-47(42)54)51-32-13-14-33-52(51)62-60(58)53-39-45(41-20-5-2-6-21-41)36-37-56(53)64(62)55-35-17-25-43-23-8-10-29-48(43)55/h1-39,63H. The third-order valence-electron chi connectivity index (χ3n) is 13.3. The Labute approximate surface area is 370 Å². The summed E-state index contributed by atoms with van der Waals surface area (Å²) < 4.78 is 2.55. The van der Waals surface area contributed by atoms with E-state index in [0.717, 1.165) is 16.9 Å². The van der Waals surface area contributed by atoms with Crippen LogP contribution in [0.25, 0.3) is 115 Å². The van der Waals surface area contributed by atoms with Crippen LogP contribution in [0.2, 0.25) is 0 Å². The number of rotatable bonds is 6. The zero-order valence-corrected chi connectivity index (χ0v) is 35.0. The Morgan fingerprint density at radius 1 is 0.297 bits per heavy atom. The van der Waals surface area contributed by atoms with Crippen molar-refractivity contribution in [3.63, 3.8) is 0 Å². The van der Waals surface area contributed by atoms with Crippen molar-refractivity contribution in [1.82, 2.24) is 4.57 Å². The average Bonchev–Trinajstić information content (AvgIpc) is 3.71. The van der Waals surface area contributed by atoms with Gasteiger partial charge in [0.25, 0.3) is 0 Å². The highest BCUT2D eigenvalue weighted by molar-refractivity contribution is 6.41. The topological polar surface area (TPSA) is 17.0 Å². The first-order chi connectivity index (χ1) is 31.8. The van der Waals surface area contributed by atoms with E-state index in [1.807, 2.05) is 0 Å². The summed E-state index contributed by atoms with van der Waals surface area (Å²) in [6, 6.07) is 86.7. The fourth-order valence-electron chi connectivity index (χ4n) is 10.5. The molecule has 0 aliphatic rings. The Bertz CT molecular complexity index is 3960. The molecular formula is C62H40N2. The third-order valence-corrected chi connectivity index (χ3v) is 13.3. The number of hydrogen-bond acceptors (Lipinski definition) is 1. The SMILES string of the molecule is c1ccc(-c2cccc(-c3c(Nc4cccc5ccccc45)c4c5ccccc5c5c(c6cc(-c7ccccc7)ccc6n5-c5cccc6ccccc56)c4c4ccccc34)c2)cc1. The largest absolute Gasteiger partial charge is 0.354 e. The number of benzene rings is 12. The van der Waals surface area contributed by atoms with E-state index in [1.54, 1.807) is 0 Å². The second-order valence-electron chi connectivity index (χ2n) is 16.8. The molecule has 1 aromatic heterocycles. The van der Waals surface area contributed by atoms with E-state index in [0.29, 0.717) is 0 Å². The van der Waals surface area contributed by atoms with Gasteiger partial charge < -0.3 is 9.88 Å². The maximum Gasteiger partial charge on any atom is 0.0626 e. The van der Waals surface area contributed by atoms with Crippen molar-refractivity contribution in [2.75, 3.05) is 5.32 Å². The van der Waals surface area contributed by atoms with E-state index >= 15 is 0 Å². The summed E-state index contributed by atoms with van der Waals surface area (Å²) in [6.45, 7) is 0. The Kier molecular flexibility index (Phi) is 8.25. The molecule has 0 unspecified atom stereocenters. The zero-order chi connectivity index (χ0) is 42.1. The van der Waals surface area contributed by atoms with Gasteiger partial charge in [-0.25, -0.2) is 0 Å². The molecule has 2 nitrogen and oxygen atoms in total. The minimum absolute atomic E-state index is 1.07. The number of nitrogens with one attached hydrogen (secondary N) is 1. The van der Waals surface area contributed by atoms with Crippen molar-refractivity contribution in [3.05, 3.63) is 237 Å². The van der Waals surface area contributed by atoms with E-state index in [2.05, 4.69) is 246 Å². The summed E-state index contributed by atoms with van der Waals surface area (Å²) in [5.41, 5.74) is 12.8. The van der Waals surface area contributed by atoms with Crippen LogP contribution in [-0.4, -0.2) is 4.57 Å². The molecule has 0 aliphatic carbocycles. The number of aromatic nitrogens is 1. The zero-order valence-electron chi connectivity index (χ0n) is 35.0. The lowest BCUT2D eigenvalue weighted by Crippen LogP contribution is -2.00. The molecule has 64 heavy (non-hydrogen) atoms. The summed E-state index contributed by atoms with van der Waals surface area (Å²) >= 11 is 0. The van der Waals surface area contributed by atoms with Gasteiger partial charge in [-0.15, -0.1) is 0 Å². The second kappa shape index (κ2) is 14.6. The van der Waals surface area contributed by atoms with Gasteiger partial charge in [-0.3, -0.25) is 0 Å². The Morgan fingerprint density at radius 3 is 1.55 bits per heavy atom. The van der Waals surface area contributed by atoms with Gasteiger partial charge in [-0.1, -0.05) is 206 Å². The lowest BCUT2D eigenvalue weighted by atomic mass is 9.85. The molecule has 0 bridgehead atoms. The lowest BCUT2D eigenvalue weighted by molar-refractivity contribution is 1.20. The van der Waals surface area contributed by atoms with Crippen LogP contribution in [0.3, 0.4) is 0 Å². The van der Waals surface area contributed by atoms with Gasteiger partial charge in [0.1, 0.15) is 0 Å². The van der Waals surface area contributed by atoms with Crippen molar-refractivity contribution >= 4 is 87.0 Å². The molecule has 1 N–H and O–H groups in total. The Morgan fingerprint density at radius 2 is 0.812 bits per heavy atom. The maximum absolute atomic E-state index is 4.21. The van der Waals surface area contributed by atoms with Gasteiger partial charge in [0.2, 0.25) is 0 Å². The Balaban J connectivity index is 1.27. The second-order valence-corrected chi connectivity index (χ2v) is 16.8. The van der Waals surface area contributed by atoms with Crippen molar-refractivity contribution in [3.8, 4) is 39.1 Å². The van der Waals surface area contributed by atoms with Crippen molar-refractivity contribution in [2.45, 2.75) is 0 Å². The van der Waals surface area contributed by atoms with E-state index < -0.39 is 0 Å². The van der Waals surface area contributed by atoms with Gasteiger partial charge in [-0.2, -0.15) is 0 Å². The first kappa shape index (κ1) is 36.2. The van der Waals surface area contributed by atoms with E-state index in [-0.39, 0.29) is 0 Å². The van der Waals surface area contributed by atoms with E-state index in [9.17, 15) is 0 Å². The van der Waals surface area contributed by atoms with Crippen LogP contribution in [0.4, 0.5) is 11.4 Å². The van der Waals surface area contributed by atoms with Crippen molar-refractivity contribution in [1.29, 1.82) is 0 Å². The third kappa shape index (κ3) is 5.59. The highest BCUT2D eigenvalue weighted by Gasteiger charge is 2.26. The van der Waals surface area contributed by atoms with Crippen LogP contribution in [0, 0.1) is 0 Å². The lowest BCUT2D eigenvalue weighted by Gasteiger charge is -2.23. The molecule has 0 spiro atoms. The van der Waals surface area contributed by atoms with Crippen LogP contribution >= 0.6 is 0 Å². The predicted octanol–water partition coefficient (Wildman–Crippen LogP) is 17.3. The minimum atomic E-state index is 1.07. The smallest absolute Gasteiger partial charge is 0.0626 e. The summed E-state index contributed by atoms with van der Waals surface area (Å²) in [5.74, 6) is 0. The Hall–Kier alpha value is -8.46. The van der Waals surface area contributed by atoms with Crippen LogP contribution < -0.4 is 5.32 Å². The van der Waals surface area contributed by atoms with Crippen LogP contribution in [-0.2, 0) is 0 Å². The van der Waals surface area contributed by atoms with Crippen LogP contribution in [0.15, 0.2) is 237 Å². The van der Waals surface area contributed by atoms with Gasteiger partial charge in [-0.05, 0) is 85.1 Å². The van der Waals surface area contributed by atoms with Crippen molar-refractivity contribution in [2.24, 2.45) is 0 Å². The molecule has 0 aliphatic heterocycles. The van der Waals surface area contributed by atoms with Gasteiger partial charge >= 0.3 is 0 Å². The fraction of sp³-hybridized carbons (Fsp3) is 0. The highest BCUT2D eigenvalue weighted by Crippen LogP contribution is 2.52. The number of anilines is 2. The van der Waals surface area contributed by atoms with E-state index in [4.69, 9.17) is 0 Å². The monoisotopic (exact) mass is 812 g/mol. The first-order valence-corrected chi connectivity index (χ1v) is 22.1. The molecule has 13 rings (SSSR count). The number of hydrogen-bond donors (Lipinski definition) is 1. The molecule has 13 aromatic rings. The molecule has 0 saturated heterocycles. The van der Waals surface area contributed by atoms with Crippen LogP contribution in [0.1, 0.15) is 0 Å². The molecule has 0 radical (unpaired) electrons. The molecule has 2 heteroatoms. The molecule has 0 atom stereocenters. The molecular weight excluding hydrogens is 773 g/mol. The predicted molar refractivity (Wildman–Crippen MR) is 274 cm³/mol. The maximum atomic E-state index is 4.21. The number of nitrogens with zero attached hydrogens (tertiary/aromatic N) is 1. The molecule has 0 fully saturated rings. The summed E-state index contributed by atoms with van der Waals surface area (Å²) in [4.78, 5) is 0. The van der Waals surface area contributed by atoms with Crippen LogP contribution in [0.5, 0.6) is 0 Å². The van der Waals surface area contributed by atoms with Gasteiger partial charge in [0, 0.05) is 49.0 Å². The fourth-order valence-corrected chi connectivity index (χ4v) is 10.5. The van der Waals surface area contributed by atoms with Crippen molar-refractivity contribution < 1.29 is 0 Å². The molecule has 0 amide bonds. The van der Waals surface area contributed by atoms with Gasteiger partial charge in [0.15, 0.2) is 0 Å². The summed E-state index contributed by atoms with van der Waals surface area (Å²) in [7, 11) is 0. The molecule has 298 valence electrons. The quantitative estimate of drug-likeness (QED) is 0.166. The average molecular weight is 813 g/mol. The summed E-state index contributed by atoms with van der Waals surface area (Å²) in [6.07, 6.45) is 0. The summed E-state index contributed by atoms with van der Waals surface area (Å²) in [5, 5.41) is 18.8. The molecule has 0 saturated carbocycles. The normalized spacial score (nSPS) is 11.8. The van der Waals surface area contributed by atoms with E-state index in [1.165, 1.54) is 109 Å². The number of fused-ring (bicyclic) bond motifs is 12. The first-order valence-electron chi connectivity index (χ1n) is 22.1. The van der Waals surface area contributed by atoms with Gasteiger partial charge in [0.05, 0.1) is 22.4 Å². The highest BCUT2D eigenvalue weighted by atomic mass is 15.0. The minimum Gasteiger partial charge on any atom is -0.354 e. The molecule has 1 heterocycles. The molecule has 12 aromatic carbocycles.